The van der Waals surface area contributed by atoms with Crippen LogP contribution in [0.25, 0.3) is 0 Å². The van der Waals surface area contributed by atoms with Gasteiger partial charge in [-0.3, -0.25) is 4.79 Å². The van der Waals surface area contributed by atoms with Crippen LogP contribution in [0.5, 0.6) is 11.5 Å². The number of carbonyl (C=O) groups excluding carboxylic acids is 1. The van der Waals surface area contributed by atoms with Crippen molar-refractivity contribution in [3.8, 4) is 11.5 Å². The summed E-state index contributed by atoms with van der Waals surface area (Å²) in [6, 6.07) is 5.34. The van der Waals surface area contributed by atoms with Crippen molar-refractivity contribution < 1.29 is 24.1 Å². The molecule has 1 heterocycles. The minimum atomic E-state index is -0.758. The molecule has 0 spiro atoms. The smallest absolute Gasteiger partial charge is 0.305 e. The van der Waals surface area contributed by atoms with Gasteiger partial charge in [-0.2, -0.15) is 0 Å². The predicted octanol–water partition coefficient (Wildman–Crippen LogP) is 1.79. The molecular formula is C13H16O5. The van der Waals surface area contributed by atoms with Gasteiger partial charge in [-0.25, -0.2) is 0 Å². The van der Waals surface area contributed by atoms with Crippen LogP contribution in [0.15, 0.2) is 18.2 Å². The minimum Gasteiger partial charge on any atom is -0.466 e. The van der Waals surface area contributed by atoms with E-state index in [0.29, 0.717) is 30.1 Å². The maximum absolute atomic E-state index is 11.2. The van der Waals surface area contributed by atoms with Crippen LogP contribution in [0, 0.1) is 0 Å². The molecule has 1 aliphatic rings. The summed E-state index contributed by atoms with van der Waals surface area (Å²) in [4.78, 5) is 11.2. The predicted molar refractivity (Wildman–Crippen MR) is 63.4 cm³/mol. The molecule has 1 atom stereocenters. The Labute approximate surface area is 105 Å². The van der Waals surface area contributed by atoms with Crippen LogP contribution in [-0.4, -0.2) is 24.5 Å². The molecule has 1 aliphatic heterocycles. The number of hydrogen-bond acceptors (Lipinski definition) is 5. The van der Waals surface area contributed by atoms with Crippen LogP contribution in [0.2, 0.25) is 0 Å². The van der Waals surface area contributed by atoms with Crippen LogP contribution in [0.3, 0.4) is 0 Å². The lowest BCUT2D eigenvalue weighted by atomic mass is 10.0. The summed E-state index contributed by atoms with van der Waals surface area (Å²) in [5, 5.41) is 10.1. The lowest BCUT2D eigenvalue weighted by Crippen LogP contribution is -2.07. The molecule has 0 saturated heterocycles. The average molecular weight is 252 g/mol. The first-order chi connectivity index (χ1) is 8.72. The van der Waals surface area contributed by atoms with E-state index in [-0.39, 0.29) is 19.2 Å². The number of carbonyl (C=O) groups is 1. The highest BCUT2D eigenvalue weighted by Crippen LogP contribution is 2.39. The van der Waals surface area contributed by atoms with Gasteiger partial charge in [-0.15, -0.1) is 0 Å². The lowest BCUT2D eigenvalue weighted by molar-refractivity contribution is -0.143. The largest absolute Gasteiger partial charge is 0.466 e. The normalized spacial score (nSPS) is 14.3. The maximum atomic E-state index is 11.2. The molecule has 0 amide bonds. The second-order valence-electron chi connectivity index (χ2n) is 3.94. The van der Waals surface area contributed by atoms with Crippen molar-refractivity contribution in [1.82, 2.24) is 0 Å². The molecule has 18 heavy (non-hydrogen) atoms. The van der Waals surface area contributed by atoms with E-state index in [9.17, 15) is 9.90 Å². The van der Waals surface area contributed by atoms with Crippen LogP contribution in [0.4, 0.5) is 0 Å². The number of benzene rings is 1. The molecule has 5 nitrogen and oxygen atoms in total. The molecule has 0 fully saturated rings. The molecular weight excluding hydrogens is 236 g/mol. The fraction of sp³-hybridized carbons (Fsp3) is 0.462. The molecule has 1 N–H and O–H groups in total. The van der Waals surface area contributed by atoms with Crippen molar-refractivity contribution in [2.75, 3.05) is 13.4 Å². The zero-order valence-corrected chi connectivity index (χ0v) is 10.2. The fourth-order valence-electron chi connectivity index (χ4n) is 1.86. The summed E-state index contributed by atoms with van der Waals surface area (Å²) in [5.74, 6) is 0.887. The number of ether oxygens (including phenoxy) is 3. The quantitative estimate of drug-likeness (QED) is 0.809. The number of rotatable bonds is 5. The number of esters is 1. The number of fused-ring (bicyclic) bond motifs is 1. The first kappa shape index (κ1) is 12.7. The monoisotopic (exact) mass is 252 g/mol. The van der Waals surface area contributed by atoms with Crippen LogP contribution in [-0.2, 0) is 9.53 Å². The average Bonchev–Trinajstić information content (AvgIpc) is 2.84. The first-order valence-electron chi connectivity index (χ1n) is 5.94. The van der Waals surface area contributed by atoms with Gasteiger partial charge in [0.1, 0.15) is 0 Å². The van der Waals surface area contributed by atoms with E-state index in [4.69, 9.17) is 14.2 Å². The highest BCUT2D eigenvalue weighted by molar-refractivity contribution is 5.69. The van der Waals surface area contributed by atoms with Gasteiger partial charge in [-0.05, 0) is 19.4 Å². The Morgan fingerprint density at radius 2 is 2.33 bits per heavy atom. The Morgan fingerprint density at radius 1 is 1.50 bits per heavy atom. The Hall–Kier alpha value is -1.75. The molecule has 0 aliphatic carbocycles. The van der Waals surface area contributed by atoms with Gasteiger partial charge in [0.2, 0.25) is 6.79 Å². The second kappa shape index (κ2) is 5.73. The topological polar surface area (TPSA) is 65.0 Å². The van der Waals surface area contributed by atoms with Crippen molar-refractivity contribution in [1.29, 1.82) is 0 Å². The van der Waals surface area contributed by atoms with Crippen LogP contribution < -0.4 is 9.47 Å². The van der Waals surface area contributed by atoms with Gasteiger partial charge >= 0.3 is 5.97 Å². The van der Waals surface area contributed by atoms with Crippen molar-refractivity contribution in [2.24, 2.45) is 0 Å². The number of aliphatic hydroxyl groups excluding tert-OH is 1. The van der Waals surface area contributed by atoms with Crippen molar-refractivity contribution in [3.05, 3.63) is 23.8 Å². The summed E-state index contributed by atoms with van der Waals surface area (Å²) in [5.41, 5.74) is 0.647. The van der Waals surface area contributed by atoms with Crippen molar-refractivity contribution in [3.63, 3.8) is 0 Å². The SMILES string of the molecule is CCOC(=O)CCC(O)c1cccc2c1OCO2. The third-order valence-electron chi connectivity index (χ3n) is 2.71. The summed E-state index contributed by atoms with van der Waals surface area (Å²) >= 11 is 0. The van der Waals surface area contributed by atoms with E-state index >= 15 is 0 Å². The van der Waals surface area contributed by atoms with Gasteiger partial charge in [0.15, 0.2) is 11.5 Å². The Bertz CT molecular complexity index is 429. The van der Waals surface area contributed by atoms with Gasteiger partial charge in [-0.1, -0.05) is 12.1 Å². The van der Waals surface area contributed by atoms with Crippen molar-refractivity contribution >= 4 is 5.97 Å². The summed E-state index contributed by atoms with van der Waals surface area (Å²) < 4.78 is 15.3. The number of para-hydroxylation sites is 1. The lowest BCUT2D eigenvalue weighted by Gasteiger charge is -2.12. The van der Waals surface area contributed by atoms with E-state index in [2.05, 4.69) is 0 Å². The summed E-state index contributed by atoms with van der Waals surface area (Å²) in [6.07, 6.45) is -0.274. The molecule has 0 aromatic heterocycles. The number of aliphatic hydroxyl groups is 1. The Kier molecular flexibility index (Phi) is 4.04. The van der Waals surface area contributed by atoms with E-state index in [1.54, 1.807) is 25.1 Å². The third-order valence-corrected chi connectivity index (χ3v) is 2.71. The highest BCUT2D eigenvalue weighted by Gasteiger charge is 2.22. The van der Waals surface area contributed by atoms with Gasteiger partial charge < -0.3 is 19.3 Å². The fourth-order valence-corrected chi connectivity index (χ4v) is 1.86. The van der Waals surface area contributed by atoms with E-state index in [1.165, 1.54) is 0 Å². The number of hydrogen-bond donors (Lipinski definition) is 1. The van der Waals surface area contributed by atoms with E-state index < -0.39 is 6.10 Å². The zero-order valence-electron chi connectivity index (χ0n) is 10.2. The standard InChI is InChI=1S/C13H16O5/c1-2-16-12(15)7-6-10(14)9-4-3-5-11-13(9)18-8-17-11/h3-5,10,14H,2,6-8H2,1H3. The highest BCUT2D eigenvalue weighted by atomic mass is 16.7. The minimum absolute atomic E-state index is 0.164. The summed E-state index contributed by atoms with van der Waals surface area (Å²) in [7, 11) is 0. The second-order valence-corrected chi connectivity index (χ2v) is 3.94. The molecule has 98 valence electrons. The molecule has 0 bridgehead atoms. The summed E-state index contributed by atoms with van der Waals surface area (Å²) in [6.45, 7) is 2.27. The first-order valence-corrected chi connectivity index (χ1v) is 5.94. The molecule has 5 heteroatoms. The van der Waals surface area contributed by atoms with E-state index in [0.717, 1.165) is 0 Å². The Balaban J connectivity index is 1.99. The third kappa shape index (κ3) is 2.73. The van der Waals surface area contributed by atoms with Gasteiger partial charge in [0.05, 0.1) is 12.7 Å². The van der Waals surface area contributed by atoms with Crippen LogP contribution in [0.1, 0.15) is 31.4 Å². The van der Waals surface area contributed by atoms with Crippen molar-refractivity contribution in [2.45, 2.75) is 25.9 Å². The molecule has 0 radical (unpaired) electrons. The molecule has 2 rings (SSSR count). The molecule has 1 unspecified atom stereocenters. The van der Waals surface area contributed by atoms with Crippen LogP contribution >= 0.6 is 0 Å². The Morgan fingerprint density at radius 3 is 3.11 bits per heavy atom. The van der Waals surface area contributed by atoms with Gasteiger partial charge in [0, 0.05) is 12.0 Å². The van der Waals surface area contributed by atoms with E-state index in [1.807, 2.05) is 0 Å². The molecule has 0 saturated carbocycles. The maximum Gasteiger partial charge on any atom is 0.305 e. The van der Waals surface area contributed by atoms with Gasteiger partial charge in [0.25, 0.3) is 0 Å². The molecule has 1 aromatic rings. The molecule has 1 aromatic carbocycles. The zero-order chi connectivity index (χ0) is 13.0.